The maximum Gasteiger partial charge on any atom is 0.263 e. The van der Waals surface area contributed by atoms with Gasteiger partial charge in [0, 0.05) is 5.02 Å². The van der Waals surface area contributed by atoms with Crippen molar-refractivity contribution in [3.8, 4) is 0 Å². The van der Waals surface area contributed by atoms with E-state index in [1.807, 2.05) is 0 Å². The van der Waals surface area contributed by atoms with Crippen molar-refractivity contribution in [1.82, 2.24) is 4.72 Å². The molecule has 10 heteroatoms. The number of carbonyl (C=O) groups is 1. The number of carbonyl (C=O) groups excluding carboxylic acids is 1. The summed E-state index contributed by atoms with van der Waals surface area (Å²) in [5, 5.41) is 4.70. The summed E-state index contributed by atoms with van der Waals surface area (Å²) in [5.74, 6) is 0. The molecular formula is C7H7ClN2O5S2. The van der Waals surface area contributed by atoms with Crippen LogP contribution in [0.2, 0.25) is 5.02 Å². The normalized spacial score (nSPS) is 12.1. The quantitative estimate of drug-likeness (QED) is 0.720. The number of hydrogen-bond donors (Lipinski definition) is 2. The zero-order chi connectivity index (χ0) is 13.3. The highest BCUT2D eigenvalue weighted by molar-refractivity contribution is 7.90. The lowest BCUT2D eigenvalue weighted by Gasteiger charge is -2.05. The molecule has 94 valence electrons. The molecule has 0 aliphatic carbocycles. The van der Waals surface area contributed by atoms with Crippen LogP contribution < -0.4 is 9.86 Å². The fraction of sp³-hybridized carbons (Fsp3) is 0. The molecule has 0 heterocycles. The Morgan fingerprint density at radius 1 is 1.12 bits per heavy atom. The maximum absolute atomic E-state index is 11.4. The lowest BCUT2D eigenvalue weighted by Crippen LogP contribution is -2.22. The van der Waals surface area contributed by atoms with Crippen LogP contribution in [0.5, 0.6) is 0 Å². The number of benzene rings is 1. The monoisotopic (exact) mass is 298 g/mol. The summed E-state index contributed by atoms with van der Waals surface area (Å²) >= 11 is 5.56. The molecule has 0 bridgehead atoms. The van der Waals surface area contributed by atoms with Gasteiger partial charge in [0.05, 0.1) is 9.79 Å². The Bertz CT molecular complexity index is 653. The van der Waals surface area contributed by atoms with Crippen molar-refractivity contribution < 1.29 is 21.6 Å². The number of nitrogens with one attached hydrogen (secondary N) is 1. The third kappa shape index (κ3) is 3.40. The van der Waals surface area contributed by atoms with Crippen molar-refractivity contribution in [2.75, 3.05) is 0 Å². The van der Waals surface area contributed by atoms with Gasteiger partial charge in [0.2, 0.25) is 16.4 Å². The Kier molecular flexibility index (Phi) is 3.77. The van der Waals surface area contributed by atoms with Crippen molar-refractivity contribution in [3.63, 3.8) is 0 Å². The number of rotatable bonds is 4. The standard InChI is InChI=1S/C7H7ClN2O5S2/c8-5-1-6(16(9,12)13)3-7(2-5)17(14,15)10-4-11/h1-4H,(H,10,11)(H2,9,12,13). The van der Waals surface area contributed by atoms with E-state index in [1.165, 1.54) is 0 Å². The summed E-state index contributed by atoms with van der Waals surface area (Å²) in [6.07, 6.45) is -0.0488. The molecule has 0 radical (unpaired) electrons. The molecule has 0 saturated carbocycles. The predicted octanol–water partition coefficient (Wildman–Crippen LogP) is -0.578. The first-order chi connectivity index (χ1) is 7.66. The SMILES string of the molecule is NS(=O)(=O)c1cc(Cl)cc(S(=O)(=O)NC=O)c1. The van der Waals surface area contributed by atoms with Crippen molar-refractivity contribution in [3.05, 3.63) is 23.2 Å². The Morgan fingerprint density at radius 3 is 2.12 bits per heavy atom. The highest BCUT2D eigenvalue weighted by atomic mass is 35.5. The van der Waals surface area contributed by atoms with Crippen LogP contribution in [-0.4, -0.2) is 23.2 Å². The van der Waals surface area contributed by atoms with Gasteiger partial charge in [-0.1, -0.05) is 11.6 Å². The molecule has 1 rings (SSSR count). The van der Waals surface area contributed by atoms with Crippen molar-refractivity contribution in [2.24, 2.45) is 5.14 Å². The molecule has 0 spiro atoms. The molecule has 1 aromatic carbocycles. The summed E-state index contributed by atoms with van der Waals surface area (Å²) in [4.78, 5) is 9.16. The predicted molar refractivity (Wildman–Crippen MR) is 59.2 cm³/mol. The van der Waals surface area contributed by atoms with E-state index in [0.29, 0.717) is 0 Å². The maximum atomic E-state index is 11.4. The van der Waals surface area contributed by atoms with E-state index in [0.717, 1.165) is 18.2 Å². The van der Waals surface area contributed by atoms with E-state index in [-0.39, 0.29) is 11.4 Å². The van der Waals surface area contributed by atoms with Crippen LogP contribution in [0.15, 0.2) is 28.0 Å². The molecule has 0 fully saturated rings. The molecule has 1 aromatic rings. The molecule has 0 saturated heterocycles. The highest BCUT2D eigenvalue weighted by Gasteiger charge is 2.18. The minimum absolute atomic E-state index is 0.0488. The molecule has 3 N–H and O–H groups in total. The van der Waals surface area contributed by atoms with Gasteiger partial charge in [0.15, 0.2) is 0 Å². The van der Waals surface area contributed by atoms with Crippen molar-refractivity contribution in [1.29, 1.82) is 0 Å². The first-order valence-electron chi connectivity index (χ1n) is 3.96. The Morgan fingerprint density at radius 2 is 1.65 bits per heavy atom. The first kappa shape index (κ1) is 13.9. The fourth-order valence-electron chi connectivity index (χ4n) is 0.988. The molecule has 0 atom stereocenters. The Hall–Kier alpha value is -1.16. The van der Waals surface area contributed by atoms with Gasteiger partial charge in [0.1, 0.15) is 0 Å². The second-order valence-corrected chi connectivity index (χ2v) is 6.62. The molecule has 1 amide bonds. The average molecular weight is 299 g/mol. The zero-order valence-corrected chi connectivity index (χ0v) is 10.5. The van der Waals surface area contributed by atoms with Gasteiger partial charge in [-0.15, -0.1) is 0 Å². The third-order valence-electron chi connectivity index (χ3n) is 1.69. The van der Waals surface area contributed by atoms with E-state index in [1.54, 1.807) is 4.72 Å². The fourth-order valence-corrected chi connectivity index (χ4v) is 2.84. The van der Waals surface area contributed by atoms with E-state index < -0.39 is 29.8 Å². The summed E-state index contributed by atoms with van der Waals surface area (Å²) in [6.45, 7) is 0. The van der Waals surface area contributed by atoms with Crippen LogP contribution in [0, 0.1) is 0 Å². The van der Waals surface area contributed by atoms with E-state index in [2.05, 4.69) is 0 Å². The molecule has 0 unspecified atom stereocenters. The number of sulfonamides is 2. The molecular weight excluding hydrogens is 292 g/mol. The van der Waals surface area contributed by atoms with Crippen LogP contribution in [-0.2, 0) is 24.8 Å². The van der Waals surface area contributed by atoms with Gasteiger partial charge < -0.3 is 0 Å². The largest absolute Gasteiger partial charge is 0.278 e. The summed E-state index contributed by atoms with van der Waals surface area (Å²) in [6, 6.07) is 2.78. The molecule has 7 nitrogen and oxygen atoms in total. The molecule has 17 heavy (non-hydrogen) atoms. The molecule has 0 aliphatic rings. The third-order valence-corrected chi connectivity index (χ3v) is 4.06. The van der Waals surface area contributed by atoms with Crippen LogP contribution in [0.25, 0.3) is 0 Å². The lowest BCUT2D eigenvalue weighted by atomic mass is 10.4. The number of primary sulfonamides is 1. The number of amides is 1. The number of halogens is 1. The van der Waals surface area contributed by atoms with E-state index >= 15 is 0 Å². The van der Waals surface area contributed by atoms with Gasteiger partial charge in [-0.2, -0.15) is 0 Å². The van der Waals surface area contributed by atoms with Gasteiger partial charge >= 0.3 is 0 Å². The smallest absolute Gasteiger partial charge is 0.263 e. The van der Waals surface area contributed by atoms with Crippen LogP contribution in [0.4, 0.5) is 0 Å². The summed E-state index contributed by atoms with van der Waals surface area (Å²) < 4.78 is 46.5. The Balaban J connectivity index is 3.49. The molecule has 0 aliphatic heterocycles. The van der Waals surface area contributed by atoms with E-state index in [4.69, 9.17) is 16.7 Å². The van der Waals surface area contributed by atoms with Crippen LogP contribution >= 0.6 is 11.6 Å². The number of nitrogens with two attached hydrogens (primary N) is 1. The average Bonchev–Trinajstić information content (AvgIpc) is 2.15. The van der Waals surface area contributed by atoms with Crippen LogP contribution in [0.3, 0.4) is 0 Å². The van der Waals surface area contributed by atoms with Gasteiger partial charge in [-0.05, 0) is 18.2 Å². The summed E-state index contributed by atoms with van der Waals surface area (Å²) in [5.41, 5.74) is 0. The lowest BCUT2D eigenvalue weighted by molar-refractivity contribution is -0.108. The Labute approximate surface area is 103 Å². The van der Waals surface area contributed by atoms with Gasteiger partial charge in [0.25, 0.3) is 10.0 Å². The molecule has 0 aromatic heterocycles. The highest BCUT2D eigenvalue weighted by Crippen LogP contribution is 2.21. The zero-order valence-electron chi connectivity index (χ0n) is 8.12. The van der Waals surface area contributed by atoms with Gasteiger partial charge in [-0.25, -0.2) is 22.0 Å². The van der Waals surface area contributed by atoms with Crippen LogP contribution in [0.1, 0.15) is 0 Å². The number of hydrogen-bond acceptors (Lipinski definition) is 5. The topological polar surface area (TPSA) is 123 Å². The minimum Gasteiger partial charge on any atom is -0.278 e. The van der Waals surface area contributed by atoms with Crippen molar-refractivity contribution >= 4 is 38.1 Å². The second kappa shape index (κ2) is 4.61. The minimum atomic E-state index is -4.14. The van der Waals surface area contributed by atoms with Crippen molar-refractivity contribution in [2.45, 2.75) is 9.79 Å². The first-order valence-corrected chi connectivity index (χ1v) is 7.37. The summed E-state index contributed by atoms with van der Waals surface area (Å²) in [7, 11) is -8.23. The second-order valence-electron chi connectivity index (χ2n) is 2.91. The van der Waals surface area contributed by atoms with Gasteiger partial charge in [-0.3, -0.25) is 9.52 Å². The van der Waals surface area contributed by atoms with E-state index in [9.17, 15) is 21.6 Å².